The van der Waals surface area contributed by atoms with Crippen molar-refractivity contribution in [1.29, 1.82) is 0 Å². The van der Waals surface area contributed by atoms with Crippen molar-refractivity contribution < 1.29 is 4.79 Å². The van der Waals surface area contributed by atoms with Gasteiger partial charge >= 0.3 is 0 Å². The van der Waals surface area contributed by atoms with Crippen molar-refractivity contribution in [2.75, 3.05) is 0 Å². The highest BCUT2D eigenvalue weighted by Crippen LogP contribution is 2.45. The molecule has 0 spiro atoms. The first-order chi connectivity index (χ1) is 7.24. The zero-order valence-electron chi connectivity index (χ0n) is 7.66. The largest absolute Gasteiger partial charge is 0.299 e. The van der Waals surface area contributed by atoms with Crippen molar-refractivity contribution in [3.8, 4) is 0 Å². The summed E-state index contributed by atoms with van der Waals surface area (Å²) in [6, 6.07) is 5.22. The Bertz CT molecular complexity index is 410. The normalized spacial score (nSPS) is 22.1. The zero-order valence-corrected chi connectivity index (χ0v) is 7.66. The van der Waals surface area contributed by atoms with E-state index in [1.54, 1.807) is 24.4 Å². The quantitative estimate of drug-likeness (QED) is 0.687. The lowest BCUT2D eigenvalue weighted by atomic mass is 10.2. The molecule has 1 aliphatic rings. The van der Waals surface area contributed by atoms with Gasteiger partial charge in [-0.05, 0) is 22.5 Å². The van der Waals surface area contributed by atoms with Crippen molar-refractivity contribution in [3.05, 3.63) is 39.9 Å². The molecular formula is C9H7N3O3. The fourth-order valence-corrected chi connectivity index (χ4v) is 1.54. The maximum absolute atomic E-state index is 11.2. The number of carbonyl (C=O) groups excluding carboxylic acids is 1. The Morgan fingerprint density at radius 2 is 2.07 bits per heavy atom. The molecule has 1 saturated carbocycles. The highest BCUT2D eigenvalue weighted by Gasteiger charge is 2.70. The van der Waals surface area contributed by atoms with Gasteiger partial charge in [-0.15, -0.1) is 9.81 Å². The molecule has 2 rings (SSSR count). The molecule has 0 radical (unpaired) electrons. The third-order valence-corrected chi connectivity index (χ3v) is 2.50. The molecule has 0 bridgehead atoms. The van der Waals surface area contributed by atoms with Gasteiger partial charge in [0.05, 0.1) is 5.92 Å². The average Bonchev–Trinajstić information content (AvgIpc) is 2.85. The van der Waals surface area contributed by atoms with Gasteiger partial charge in [0.25, 0.3) is 5.66 Å². The predicted molar refractivity (Wildman–Crippen MR) is 50.8 cm³/mol. The summed E-state index contributed by atoms with van der Waals surface area (Å²) in [5.41, 5.74) is -1.23. The van der Waals surface area contributed by atoms with Gasteiger partial charge in [0.1, 0.15) is 0 Å². The van der Waals surface area contributed by atoms with Crippen LogP contribution in [0.1, 0.15) is 5.69 Å². The maximum Gasteiger partial charge on any atom is 0.299 e. The molecule has 0 aromatic carbocycles. The summed E-state index contributed by atoms with van der Waals surface area (Å²) in [5.74, 6) is -1.25. The molecule has 1 unspecified atom stereocenters. The Hall–Kier alpha value is -1.98. The maximum atomic E-state index is 11.2. The molecule has 15 heavy (non-hydrogen) atoms. The van der Waals surface area contributed by atoms with Crippen LogP contribution in [0.4, 0.5) is 0 Å². The second-order valence-electron chi connectivity index (χ2n) is 3.35. The molecule has 0 aliphatic heterocycles. The number of aromatic nitrogens is 1. The predicted octanol–water partition coefficient (Wildman–Crippen LogP) is 1.05. The number of nitrogens with zero attached hydrogens (tertiary/aromatic N) is 3. The van der Waals surface area contributed by atoms with Crippen LogP contribution in [0.2, 0.25) is 0 Å². The molecule has 0 amide bonds. The minimum Gasteiger partial charge on any atom is -0.294 e. The number of rotatable bonds is 4. The summed E-state index contributed by atoms with van der Waals surface area (Å²) in [5, 5.41) is 5.00. The van der Waals surface area contributed by atoms with Crippen LogP contribution >= 0.6 is 0 Å². The Morgan fingerprint density at radius 3 is 2.53 bits per heavy atom. The van der Waals surface area contributed by atoms with E-state index in [0.29, 0.717) is 5.69 Å². The van der Waals surface area contributed by atoms with E-state index in [1.807, 2.05) is 0 Å². The second kappa shape index (κ2) is 3.30. The number of ketones is 1. The molecule has 76 valence electrons. The smallest absolute Gasteiger partial charge is 0.294 e. The third kappa shape index (κ3) is 1.34. The Morgan fingerprint density at radius 1 is 1.33 bits per heavy atom. The number of hydrogen-bond donors (Lipinski definition) is 0. The van der Waals surface area contributed by atoms with Gasteiger partial charge in [-0.25, -0.2) is 0 Å². The Labute approximate surface area is 84.7 Å². The van der Waals surface area contributed by atoms with Crippen LogP contribution in [-0.2, 0) is 11.2 Å². The second-order valence-corrected chi connectivity index (χ2v) is 3.35. The third-order valence-electron chi connectivity index (χ3n) is 2.50. The van der Waals surface area contributed by atoms with Crippen molar-refractivity contribution in [2.45, 2.75) is 12.1 Å². The highest BCUT2D eigenvalue weighted by molar-refractivity contribution is 6.08. The van der Waals surface area contributed by atoms with Crippen LogP contribution in [-0.4, -0.2) is 16.4 Å². The Balaban J connectivity index is 2.14. The number of pyridine rings is 1. The first-order valence-corrected chi connectivity index (χ1v) is 4.38. The number of Topliss-reactive ketones (excluding diaryl/α,β-unsaturated/α-hetero) is 1. The molecule has 6 nitrogen and oxygen atoms in total. The summed E-state index contributed by atoms with van der Waals surface area (Å²) < 4.78 is 0. The fraction of sp³-hybridized carbons (Fsp3) is 0.333. The molecule has 1 heterocycles. The standard InChI is InChI=1S/C9H7N3O3/c13-8-7(9(8,11-14)12-15)5-6-3-1-2-4-10-6/h1-4,7H,5H2. The van der Waals surface area contributed by atoms with Gasteiger partial charge in [0, 0.05) is 18.3 Å². The molecule has 0 N–H and O–H groups in total. The van der Waals surface area contributed by atoms with Crippen molar-refractivity contribution in [3.63, 3.8) is 0 Å². The molecule has 6 heteroatoms. The molecule has 0 saturated heterocycles. The highest BCUT2D eigenvalue weighted by atomic mass is 16.3. The molecule has 1 aromatic heterocycles. The van der Waals surface area contributed by atoms with E-state index in [4.69, 9.17) is 0 Å². The van der Waals surface area contributed by atoms with E-state index in [1.165, 1.54) is 0 Å². The fourth-order valence-electron chi connectivity index (χ4n) is 1.54. The lowest BCUT2D eigenvalue weighted by Crippen LogP contribution is -2.06. The van der Waals surface area contributed by atoms with Crippen LogP contribution in [0, 0.1) is 15.7 Å². The van der Waals surface area contributed by atoms with Gasteiger partial charge in [0.15, 0.2) is 5.78 Å². The van der Waals surface area contributed by atoms with E-state index < -0.39 is 17.4 Å². The van der Waals surface area contributed by atoms with Crippen LogP contribution < -0.4 is 0 Å². The molecule has 1 aromatic rings. The van der Waals surface area contributed by atoms with E-state index >= 15 is 0 Å². The summed E-state index contributed by atoms with van der Waals surface area (Å²) in [7, 11) is 0. The van der Waals surface area contributed by atoms with E-state index in [2.05, 4.69) is 15.3 Å². The summed E-state index contributed by atoms with van der Waals surface area (Å²) in [6.07, 6.45) is 1.81. The van der Waals surface area contributed by atoms with E-state index in [-0.39, 0.29) is 6.42 Å². The van der Waals surface area contributed by atoms with Crippen LogP contribution in [0.25, 0.3) is 0 Å². The SMILES string of the molecule is O=NC1(N=O)C(=O)C1Cc1ccccn1. The number of nitroso groups, excluding NO2 is 2. The average molecular weight is 205 g/mol. The molecule has 1 atom stereocenters. The Kier molecular flexibility index (Phi) is 2.11. The van der Waals surface area contributed by atoms with Gasteiger partial charge in [-0.2, -0.15) is 0 Å². The van der Waals surface area contributed by atoms with Crippen molar-refractivity contribution >= 4 is 5.78 Å². The molecular weight excluding hydrogens is 198 g/mol. The summed E-state index contributed by atoms with van der Waals surface area (Å²) >= 11 is 0. The number of carbonyl (C=O) groups is 1. The van der Waals surface area contributed by atoms with Gasteiger partial charge in [-0.1, -0.05) is 6.07 Å². The summed E-state index contributed by atoms with van der Waals surface area (Å²) in [4.78, 5) is 35.9. The monoisotopic (exact) mass is 205 g/mol. The van der Waals surface area contributed by atoms with E-state index in [0.717, 1.165) is 0 Å². The minimum atomic E-state index is -1.88. The first kappa shape index (κ1) is 9.57. The topological polar surface area (TPSA) is 88.8 Å². The van der Waals surface area contributed by atoms with Crippen LogP contribution in [0.5, 0.6) is 0 Å². The van der Waals surface area contributed by atoms with Crippen molar-refractivity contribution in [1.82, 2.24) is 4.98 Å². The van der Waals surface area contributed by atoms with Crippen LogP contribution in [0.15, 0.2) is 34.7 Å². The van der Waals surface area contributed by atoms with Crippen LogP contribution in [0.3, 0.4) is 0 Å². The lowest BCUT2D eigenvalue weighted by molar-refractivity contribution is -0.112. The van der Waals surface area contributed by atoms with Crippen molar-refractivity contribution in [2.24, 2.45) is 16.3 Å². The van der Waals surface area contributed by atoms with Gasteiger partial charge in [0.2, 0.25) is 0 Å². The minimum absolute atomic E-state index is 0.233. The molecule has 1 fully saturated rings. The lowest BCUT2D eigenvalue weighted by Gasteiger charge is -1.96. The van der Waals surface area contributed by atoms with E-state index in [9.17, 15) is 14.6 Å². The van der Waals surface area contributed by atoms with Gasteiger partial charge in [-0.3, -0.25) is 9.78 Å². The van der Waals surface area contributed by atoms with Gasteiger partial charge < -0.3 is 0 Å². The number of hydrogen-bond acceptors (Lipinski definition) is 6. The first-order valence-electron chi connectivity index (χ1n) is 4.38. The molecule has 1 aliphatic carbocycles. The summed E-state index contributed by atoms with van der Waals surface area (Å²) in [6.45, 7) is 0. The zero-order chi connectivity index (χ0) is 10.9.